The highest BCUT2D eigenvalue weighted by molar-refractivity contribution is 5.82. The van der Waals surface area contributed by atoms with Gasteiger partial charge >= 0.3 is 0 Å². The number of carbonyl (C=O) groups is 1. The molecule has 1 aromatic carbocycles. The van der Waals surface area contributed by atoms with Crippen molar-refractivity contribution in [2.75, 3.05) is 25.0 Å². The summed E-state index contributed by atoms with van der Waals surface area (Å²) in [5.41, 5.74) is 8.45. The third kappa shape index (κ3) is 3.31. The van der Waals surface area contributed by atoms with Crippen LogP contribution in [0.1, 0.15) is 25.8 Å². The maximum atomic E-state index is 12.5. The van der Waals surface area contributed by atoms with Gasteiger partial charge in [-0.15, -0.1) is 0 Å². The van der Waals surface area contributed by atoms with E-state index in [1.54, 1.807) is 0 Å². The summed E-state index contributed by atoms with van der Waals surface area (Å²) in [6.45, 7) is 6.43. The van der Waals surface area contributed by atoms with Crippen molar-refractivity contribution in [2.45, 2.75) is 32.9 Å². The molecule has 0 aliphatic carbocycles. The Kier molecular flexibility index (Phi) is 4.65. The molecule has 0 fully saturated rings. The molecule has 2 N–H and O–H groups in total. The molecule has 0 spiro atoms. The summed E-state index contributed by atoms with van der Waals surface area (Å²) in [5, 5.41) is 0. The minimum Gasteiger partial charge on any atom is -0.373 e. The predicted molar refractivity (Wildman–Crippen MR) is 82.6 cm³/mol. The van der Waals surface area contributed by atoms with Gasteiger partial charge < -0.3 is 15.5 Å². The number of hydrogen-bond acceptors (Lipinski definition) is 3. The lowest BCUT2D eigenvalue weighted by molar-refractivity contribution is -0.133. The number of benzene rings is 1. The quantitative estimate of drug-likeness (QED) is 0.915. The molecule has 0 aromatic heterocycles. The van der Waals surface area contributed by atoms with E-state index in [1.807, 2.05) is 17.0 Å². The SMILES string of the molecule is CC(C)C[C@H](N)C(=O)N1CCN(C)c2ccccc2C1. The van der Waals surface area contributed by atoms with Crippen LogP contribution in [-0.4, -0.2) is 37.0 Å². The van der Waals surface area contributed by atoms with Gasteiger partial charge in [0.05, 0.1) is 6.04 Å². The maximum Gasteiger partial charge on any atom is 0.239 e. The lowest BCUT2D eigenvalue weighted by Crippen LogP contribution is -2.45. The molecule has 1 aliphatic heterocycles. The summed E-state index contributed by atoms with van der Waals surface area (Å²) in [7, 11) is 2.07. The number of para-hydroxylation sites is 1. The van der Waals surface area contributed by atoms with E-state index in [2.05, 4.69) is 37.9 Å². The summed E-state index contributed by atoms with van der Waals surface area (Å²) in [5.74, 6) is 0.514. The Labute approximate surface area is 121 Å². The molecule has 1 aliphatic rings. The molecule has 1 heterocycles. The van der Waals surface area contributed by atoms with Gasteiger partial charge in [-0.1, -0.05) is 32.0 Å². The fraction of sp³-hybridized carbons (Fsp3) is 0.562. The number of hydrogen-bond donors (Lipinski definition) is 1. The highest BCUT2D eigenvalue weighted by Crippen LogP contribution is 2.24. The molecule has 4 nitrogen and oxygen atoms in total. The Morgan fingerprint density at radius 1 is 1.30 bits per heavy atom. The second kappa shape index (κ2) is 6.27. The molecule has 110 valence electrons. The van der Waals surface area contributed by atoms with E-state index in [0.717, 1.165) is 19.5 Å². The zero-order valence-electron chi connectivity index (χ0n) is 12.7. The van der Waals surface area contributed by atoms with Crippen LogP contribution in [0.2, 0.25) is 0 Å². The second-order valence-electron chi connectivity index (χ2n) is 6.05. The molecule has 0 saturated carbocycles. The average Bonchev–Trinajstić information content (AvgIpc) is 2.57. The van der Waals surface area contributed by atoms with Gasteiger partial charge in [0, 0.05) is 32.4 Å². The van der Waals surface area contributed by atoms with Crippen LogP contribution in [0.25, 0.3) is 0 Å². The number of fused-ring (bicyclic) bond motifs is 1. The van der Waals surface area contributed by atoms with E-state index >= 15 is 0 Å². The van der Waals surface area contributed by atoms with Crippen LogP contribution in [-0.2, 0) is 11.3 Å². The Morgan fingerprint density at radius 3 is 2.70 bits per heavy atom. The van der Waals surface area contributed by atoms with Crippen molar-refractivity contribution in [3.05, 3.63) is 29.8 Å². The molecule has 2 rings (SSSR count). The van der Waals surface area contributed by atoms with E-state index in [9.17, 15) is 4.79 Å². The molecule has 4 heteroatoms. The summed E-state index contributed by atoms with van der Waals surface area (Å²) in [6, 6.07) is 7.87. The van der Waals surface area contributed by atoms with Gasteiger partial charge in [0.1, 0.15) is 0 Å². The number of carbonyl (C=O) groups excluding carboxylic acids is 1. The fourth-order valence-corrected chi connectivity index (χ4v) is 2.72. The van der Waals surface area contributed by atoms with Crippen LogP contribution in [0.4, 0.5) is 5.69 Å². The molecule has 0 saturated heterocycles. The summed E-state index contributed by atoms with van der Waals surface area (Å²) >= 11 is 0. The van der Waals surface area contributed by atoms with Crippen molar-refractivity contribution in [2.24, 2.45) is 11.7 Å². The molecular formula is C16H25N3O. The zero-order valence-corrected chi connectivity index (χ0v) is 12.7. The molecule has 0 bridgehead atoms. The van der Waals surface area contributed by atoms with Gasteiger partial charge in [0.25, 0.3) is 0 Å². The van der Waals surface area contributed by atoms with E-state index in [1.165, 1.54) is 11.3 Å². The standard InChI is InChI=1S/C16H25N3O/c1-12(2)10-14(17)16(20)19-9-8-18(3)15-7-5-4-6-13(15)11-19/h4-7,12,14H,8-11,17H2,1-3H3/t14-/m0/s1. The summed E-state index contributed by atoms with van der Waals surface area (Å²) in [4.78, 5) is 16.6. The average molecular weight is 275 g/mol. The van der Waals surface area contributed by atoms with Gasteiger partial charge in [-0.3, -0.25) is 4.79 Å². The van der Waals surface area contributed by atoms with Crippen molar-refractivity contribution >= 4 is 11.6 Å². The maximum absolute atomic E-state index is 12.5. The highest BCUT2D eigenvalue weighted by atomic mass is 16.2. The summed E-state index contributed by atoms with van der Waals surface area (Å²) < 4.78 is 0. The number of rotatable bonds is 3. The predicted octanol–water partition coefficient (Wildman–Crippen LogP) is 1.84. The van der Waals surface area contributed by atoms with Crippen LogP contribution in [0.3, 0.4) is 0 Å². The number of amides is 1. The van der Waals surface area contributed by atoms with Crippen LogP contribution >= 0.6 is 0 Å². The Bertz CT molecular complexity index is 473. The molecule has 1 aromatic rings. The normalized spacial score (nSPS) is 16.9. The van der Waals surface area contributed by atoms with E-state index < -0.39 is 0 Å². The van der Waals surface area contributed by atoms with Crippen molar-refractivity contribution in [1.82, 2.24) is 4.90 Å². The van der Waals surface area contributed by atoms with Crippen molar-refractivity contribution in [3.63, 3.8) is 0 Å². The van der Waals surface area contributed by atoms with Gasteiger partial charge in [-0.05, 0) is 24.0 Å². The molecule has 0 radical (unpaired) electrons. The lowest BCUT2D eigenvalue weighted by atomic mass is 10.0. The summed E-state index contributed by atoms with van der Waals surface area (Å²) in [6.07, 6.45) is 0.743. The number of nitrogens with two attached hydrogens (primary N) is 1. The zero-order chi connectivity index (χ0) is 14.7. The Morgan fingerprint density at radius 2 is 2.00 bits per heavy atom. The minimum atomic E-state index is -0.384. The van der Waals surface area contributed by atoms with Crippen molar-refractivity contribution < 1.29 is 4.79 Å². The minimum absolute atomic E-state index is 0.0730. The molecule has 1 amide bonds. The largest absolute Gasteiger partial charge is 0.373 e. The first kappa shape index (κ1) is 14.9. The molecule has 20 heavy (non-hydrogen) atoms. The number of anilines is 1. The first-order valence-electron chi connectivity index (χ1n) is 7.32. The topological polar surface area (TPSA) is 49.6 Å². The van der Waals surface area contributed by atoms with Gasteiger partial charge in [-0.2, -0.15) is 0 Å². The van der Waals surface area contributed by atoms with Crippen LogP contribution in [0, 0.1) is 5.92 Å². The number of likely N-dealkylation sites (N-methyl/N-ethyl adjacent to an activating group) is 1. The Balaban J connectivity index is 2.14. The third-order valence-electron chi connectivity index (χ3n) is 3.82. The first-order valence-corrected chi connectivity index (χ1v) is 7.32. The molecular weight excluding hydrogens is 250 g/mol. The molecule has 1 atom stereocenters. The van der Waals surface area contributed by atoms with Crippen LogP contribution < -0.4 is 10.6 Å². The monoisotopic (exact) mass is 275 g/mol. The highest BCUT2D eigenvalue weighted by Gasteiger charge is 2.25. The van der Waals surface area contributed by atoms with E-state index in [0.29, 0.717) is 12.5 Å². The van der Waals surface area contributed by atoms with Gasteiger partial charge in [0.15, 0.2) is 0 Å². The van der Waals surface area contributed by atoms with Gasteiger partial charge in [-0.25, -0.2) is 0 Å². The first-order chi connectivity index (χ1) is 9.49. The smallest absolute Gasteiger partial charge is 0.239 e. The van der Waals surface area contributed by atoms with Crippen LogP contribution in [0.15, 0.2) is 24.3 Å². The van der Waals surface area contributed by atoms with Crippen molar-refractivity contribution in [1.29, 1.82) is 0 Å². The van der Waals surface area contributed by atoms with Gasteiger partial charge in [0.2, 0.25) is 5.91 Å². The number of nitrogens with zero attached hydrogens (tertiary/aromatic N) is 2. The lowest BCUT2D eigenvalue weighted by Gasteiger charge is -2.25. The molecule has 0 unspecified atom stereocenters. The van der Waals surface area contributed by atoms with E-state index in [4.69, 9.17) is 5.73 Å². The fourth-order valence-electron chi connectivity index (χ4n) is 2.72. The van der Waals surface area contributed by atoms with Crippen molar-refractivity contribution in [3.8, 4) is 0 Å². The van der Waals surface area contributed by atoms with Crippen LogP contribution in [0.5, 0.6) is 0 Å². The van der Waals surface area contributed by atoms with E-state index in [-0.39, 0.29) is 11.9 Å². The Hall–Kier alpha value is -1.55. The third-order valence-corrected chi connectivity index (χ3v) is 3.82. The second-order valence-corrected chi connectivity index (χ2v) is 6.05.